The number of halogens is 1. The highest BCUT2D eigenvalue weighted by molar-refractivity contribution is 9.10. The molecule has 1 aromatic carbocycles. The molecular formula is C13H18BrN. The summed E-state index contributed by atoms with van der Waals surface area (Å²) in [4.78, 5) is 0. The lowest BCUT2D eigenvalue weighted by Crippen LogP contribution is -2.34. The molecule has 1 saturated heterocycles. The molecule has 1 aromatic rings. The number of hydrogen-bond donors (Lipinski definition) is 1. The van der Waals surface area contributed by atoms with Gasteiger partial charge in [0, 0.05) is 10.0 Å². The third-order valence-corrected chi connectivity index (χ3v) is 3.90. The second kappa shape index (κ2) is 4.26. The van der Waals surface area contributed by atoms with E-state index in [2.05, 4.69) is 53.3 Å². The molecule has 1 N–H and O–H groups in total. The first kappa shape index (κ1) is 11.2. The fraction of sp³-hybridized carbons (Fsp3) is 0.538. The summed E-state index contributed by atoms with van der Waals surface area (Å²) in [6, 6.07) is 6.67. The van der Waals surface area contributed by atoms with Crippen LogP contribution >= 0.6 is 15.9 Å². The minimum absolute atomic E-state index is 0.200. The minimum Gasteiger partial charge on any atom is -0.308 e. The van der Waals surface area contributed by atoms with Gasteiger partial charge in [-0.2, -0.15) is 0 Å². The number of hydrogen-bond acceptors (Lipinski definition) is 1. The SMILES string of the molecule is CCc1cc(Br)ccc1C1(C)CCCN1. The van der Waals surface area contributed by atoms with Gasteiger partial charge in [-0.05, 0) is 56.0 Å². The molecule has 0 aliphatic carbocycles. The third-order valence-electron chi connectivity index (χ3n) is 3.41. The van der Waals surface area contributed by atoms with Crippen molar-refractivity contribution in [3.63, 3.8) is 0 Å². The second-order valence-corrected chi connectivity index (χ2v) is 5.43. The summed E-state index contributed by atoms with van der Waals surface area (Å²) in [6.07, 6.45) is 3.64. The zero-order valence-electron chi connectivity index (χ0n) is 9.44. The smallest absolute Gasteiger partial charge is 0.0409 e. The van der Waals surface area contributed by atoms with Crippen LogP contribution in [0.25, 0.3) is 0 Å². The van der Waals surface area contributed by atoms with Gasteiger partial charge in [0.25, 0.3) is 0 Å². The lowest BCUT2D eigenvalue weighted by molar-refractivity contribution is 0.431. The summed E-state index contributed by atoms with van der Waals surface area (Å²) in [7, 11) is 0. The van der Waals surface area contributed by atoms with Crippen LogP contribution in [0.15, 0.2) is 22.7 Å². The molecule has 1 nitrogen and oxygen atoms in total. The predicted octanol–water partition coefficient (Wildman–Crippen LogP) is 3.61. The number of benzene rings is 1. The summed E-state index contributed by atoms with van der Waals surface area (Å²) in [5.74, 6) is 0. The number of nitrogens with one attached hydrogen (secondary N) is 1. The van der Waals surface area contributed by atoms with Crippen molar-refractivity contribution in [3.8, 4) is 0 Å². The number of aryl methyl sites for hydroxylation is 1. The Hall–Kier alpha value is -0.340. The van der Waals surface area contributed by atoms with E-state index in [-0.39, 0.29) is 5.54 Å². The van der Waals surface area contributed by atoms with Crippen molar-refractivity contribution in [1.82, 2.24) is 5.32 Å². The minimum atomic E-state index is 0.200. The predicted molar refractivity (Wildman–Crippen MR) is 68.1 cm³/mol. The first-order chi connectivity index (χ1) is 7.15. The Morgan fingerprint density at radius 2 is 2.27 bits per heavy atom. The van der Waals surface area contributed by atoms with Gasteiger partial charge in [-0.15, -0.1) is 0 Å². The van der Waals surface area contributed by atoms with Crippen molar-refractivity contribution >= 4 is 15.9 Å². The first-order valence-corrected chi connectivity index (χ1v) is 6.49. The van der Waals surface area contributed by atoms with Crippen LogP contribution < -0.4 is 5.32 Å². The molecular weight excluding hydrogens is 250 g/mol. The fourth-order valence-corrected chi connectivity index (χ4v) is 2.93. The maximum Gasteiger partial charge on any atom is 0.0409 e. The second-order valence-electron chi connectivity index (χ2n) is 4.52. The first-order valence-electron chi connectivity index (χ1n) is 5.69. The van der Waals surface area contributed by atoms with E-state index in [1.54, 1.807) is 0 Å². The molecule has 1 heterocycles. The molecule has 82 valence electrons. The van der Waals surface area contributed by atoms with Crippen LogP contribution in [0.5, 0.6) is 0 Å². The summed E-state index contributed by atoms with van der Waals surface area (Å²) in [6.45, 7) is 5.70. The Kier molecular flexibility index (Phi) is 3.17. The zero-order chi connectivity index (χ0) is 10.9. The van der Waals surface area contributed by atoms with Crippen LogP contribution in [-0.2, 0) is 12.0 Å². The molecule has 0 saturated carbocycles. The molecule has 0 spiro atoms. The lowest BCUT2D eigenvalue weighted by Gasteiger charge is -2.27. The summed E-state index contributed by atoms with van der Waals surface area (Å²) < 4.78 is 1.18. The third kappa shape index (κ3) is 2.11. The largest absolute Gasteiger partial charge is 0.308 e. The summed E-state index contributed by atoms with van der Waals surface area (Å²) in [5.41, 5.74) is 3.14. The van der Waals surface area contributed by atoms with Crippen LogP contribution in [0.4, 0.5) is 0 Å². The van der Waals surface area contributed by atoms with Gasteiger partial charge in [0.05, 0.1) is 0 Å². The van der Waals surface area contributed by atoms with Crippen molar-refractivity contribution in [2.45, 2.75) is 38.6 Å². The topological polar surface area (TPSA) is 12.0 Å². The van der Waals surface area contributed by atoms with Crippen molar-refractivity contribution < 1.29 is 0 Å². The van der Waals surface area contributed by atoms with Crippen molar-refractivity contribution in [2.75, 3.05) is 6.54 Å². The Balaban J connectivity index is 2.42. The molecule has 1 atom stereocenters. The zero-order valence-corrected chi connectivity index (χ0v) is 11.0. The molecule has 2 heteroatoms. The van der Waals surface area contributed by atoms with Crippen molar-refractivity contribution in [1.29, 1.82) is 0 Å². The van der Waals surface area contributed by atoms with Gasteiger partial charge in [-0.3, -0.25) is 0 Å². The van der Waals surface area contributed by atoms with E-state index in [4.69, 9.17) is 0 Å². The molecule has 0 radical (unpaired) electrons. The van der Waals surface area contributed by atoms with Crippen LogP contribution in [0, 0.1) is 0 Å². The molecule has 0 bridgehead atoms. The summed E-state index contributed by atoms with van der Waals surface area (Å²) in [5, 5.41) is 3.63. The van der Waals surface area contributed by atoms with E-state index >= 15 is 0 Å². The van der Waals surface area contributed by atoms with Crippen LogP contribution in [0.3, 0.4) is 0 Å². The van der Waals surface area contributed by atoms with Crippen LogP contribution in [-0.4, -0.2) is 6.54 Å². The maximum absolute atomic E-state index is 3.63. The van der Waals surface area contributed by atoms with Gasteiger partial charge in [-0.1, -0.05) is 28.9 Å². The number of rotatable bonds is 2. The monoisotopic (exact) mass is 267 g/mol. The quantitative estimate of drug-likeness (QED) is 0.864. The summed E-state index contributed by atoms with van der Waals surface area (Å²) >= 11 is 3.54. The van der Waals surface area contributed by atoms with Gasteiger partial charge in [0.15, 0.2) is 0 Å². The van der Waals surface area contributed by atoms with Gasteiger partial charge >= 0.3 is 0 Å². The van der Waals surface area contributed by atoms with Crippen molar-refractivity contribution in [2.24, 2.45) is 0 Å². The molecule has 1 unspecified atom stereocenters. The molecule has 1 fully saturated rings. The molecule has 1 aliphatic heterocycles. The van der Waals surface area contributed by atoms with Crippen molar-refractivity contribution in [3.05, 3.63) is 33.8 Å². The normalized spacial score (nSPS) is 25.8. The van der Waals surface area contributed by atoms with Gasteiger partial charge in [0.1, 0.15) is 0 Å². The highest BCUT2D eigenvalue weighted by atomic mass is 79.9. The van der Waals surface area contributed by atoms with E-state index < -0.39 is 0 Å². The van der Waals surface area contributed by atoms with Gasteiger partial charge in [0.2, 0.25) is 0 Å². The maximum atomic E-state index is 3.63. The van der Waals surface area contributed by atoms with Gasteiger partial charge in [-0.25, -0.2) is 0 Å². The van der Waals surface area contributed by atoms with Gasteiger partial charge < -0.3 is 5.32 Å². The van der Waals surface area contributed by atoms with Crippen LogP contribution in [0.2, 0.25) is 0 Å². The Labute approximate surface area is 100 Å². The average molecular weight is 268 g/mol. The Bertz CT molecular complexity index is 354. The highest BCUT2D eigenvalue weighted by Gasteiger charge is 2.31. The van der Waals surface area contributed by atoms with E-state index in [0.717, 1.165) is 13.0 Å². The van der Waals surface area contributed by atoms with E-state index in [0.29, 0.717) is 0 Å². The van der Waals surface area contributed by atoms with Crippen LogP contribution in [0.1, 0.15) is 37.8 Å². The molecule has 1 aliphatic rings. The lowest BCUT2D eigenvalue weighted by atomic mass is 9.86. The average Bonchev–Trinajstić information content (AvgIpc) is 2.66. The standard InChI is InChI=1S/C13H18BrN/c1-3-10-9-11(14)5-6-12(10)13(2)7-4-8-15-13/h5-6,9,15H,3-4,7-8H2,1-2H3. The Morgan fingerprint density at radius 1 is 1.47 bits per heavy atom. The van der Waals surface area contributed by atoms with E-state index in [9.17, 15) is 0 Å². The van der Waals surface area contributed by atoms with E-state index in [1.807, 2.05) is 0 Å². The molecule has 0 amide bonds. The Morgan fingerprint density at radius 3 is 2.87 bits per heavy atom. The van der Waals surface area contributed by atoms with E-state index in [1.165, 1.54) is 28.4 Å². The molecule has 15 heavy (non-hydrogen) atoms. The highest BCUT2D eigenvalue weighted by Crippen LogP contribution is 2.33. The molecule has 2 rings (SSSR count). The molecule has 0 aromatic heterocycles. The fourth-order valence-electron chi connectivity index (χ4n) is 2.52.